The van der Waals surface area contributed by atoms with Crippen LogP contribution in [0.25, 0.3) is 0 Å². The predicted molar refractivity (Wildman–Crippen MR) is 24.3 cm³/mol. The average Bonchev–Trinajstić information content (AvgIpc) is 0. The Hall–Kier alpha value is 1.01. The molecular weight excluding hydrogens is 177 g/mol. The van der Waals surface area contributed by atoms with Crippen molar-refractivity contribution in [1.82, 2.24) is 0 Å². The summed E-state index contributed by atoms with van der Waals surface area (Å²) in [6.45, 7) is 0. The van der Waals surface area contributed by atoms with Crippen LogP contribution in [0.1, 0.15) is 0 Å². The van der Waals surface area contributed by atoms with Crippen molar-refractivity contribution in [2.45, 2.75) is 0 Å². The molecule has 0 aromatic rings. The first-order chi connectivity index (χ1) is 0. The molecule has 0 aromatic carbocycles. The second kappa shape index (κ2) is 35.8. The van der Waals surface area contributed by atoms with Crippen LogP contribution in [-0.2, 0) is 0 Å². The Balaban J connectivity index is 0. The maximum atomic E-state index is 0. The van der Waals surface area contributed by atoms with Gasteiger partial charge in [0.05, 0.1) is 0 Å². The molecule has 0 aliphatic carbocycles. The van der Waals surface area contributed by atoms with Gasteiger partial charge in [0.15, 0.2) is 0 Å². The van der Waals surface area contributed by atoms with Crippen LogP contribution in [0.2, 0.25) is 0 Å². The average molecular weight is 185 g/mol. The normalized spacial score (nSPS) is 0. The van der Waals surface area contributed by atoms with Crippen molar-refractivity contribution in [2.24, 2.45) is 0 Å². The van der Waals surface area contributed by atoms with Gasteiger partial charge in [-0.15, -0.1) is 0 Å². The van der Waals surface area contributed by atoms with Crippen LogP contribution < -0.4 is 0 Å². The van der Waals surface area contributed by atoms with Gasteiger partial charge in [0.2, 0.25) is 0 Å². The second-order valence-corrected chi connectivity index (χ2v) is 0. The number of rotatable bonds is 0. The monoisotopic (exact) mass is 188 g/mol. The molecule has 0 fully saturated rings. The van der Waals surface area contributed by atoms with E-state index in [1.807, 2.05) is 0 Å². The van der Waals surface area contributed by atoms with Crippen LogP contribution in [0.4, 0.5) is 0 Å². The fourth-order valence-electron chi connectivity index (χ4n) is 0. The summed E-state index contributed by atoms with van der Waals surface area (Å²) in [5.74, 6) is 0. The van der Waals surface area contributed by atoms with Gasteiger partial charge in [0, 0.05) is 0 Å². The van der Waals surface area contributed by atoms with Gasteiger partial charge in [0.1, 0.15) is 0 Å². The molecule has 0 aliphatic rings. The van der Waals surface area contributed by atoms with E-state index in [0.717, 1.165) is 0 Å². The van der Waals surface area contributed by atoms with Gasteiger partial charge >= 0.3 is 35.2 Å². The third-order valence-corrected chi connectivity index (χ3v) is 0. The molecule has 0 aromatic heterocycles. The Morgan fingerprint density at radius 1 is 0.500 bits per heavy atom. The molecule has 0 atom stereocenters. The molecule has 0 bridgehead atoms. The first-order valence-corrected chi connectivity index (χ1v) is 0. The second-order valence-electron chi connectivity index (χ2n) is 0. The summed E-state index contributed by atoms with van der Waals surface area (Å²) >= 11 is 0. The fourth-order valence-corrected chi connectivity index (χ4v) is 0. The van der Waals surface area contributed by atoms with Crippen molar-refractivity contribution < 1.29 is 11.0 Å². The van der Waals surface area contributed by atoms with Gasteiger partial charge < -0.3 is 11.0 Å². The maximum absolute atomic E-state index is 0. The third-order valence-electron chi connectivity index (χ3n) is 0. The van der Waals surface area contributed by atoms with Crippen molar-refractivity contribution >= 4 is 35.2 Å². The van der Waals surface area contributed by atoms with Gasteiger partial charge in [-0.2, -0.15) is 0 Å². The first kappa shape index (κ1) is 79.4. The molecule has 0 saturated carbocycles. The van der Waals surface area contributed by atoms with Crippen LogP contribution in [0.3, 0.4) is 0 Å². The fraction of sp³-hybridized carbons (Fsp3) is 0. The summed E-state index contributed by atoms with van der Waals surface area (Å²) in [5, 5.41) is 0. The third kappa shape index (κ3) is 12.0. The van der Waals surface area contributed by atoms with Crippen molar-refractivity contribution in [3.8, 4) is 0 Å². The van der Waals surface area contributed by atoms with E-state index < -0.39 is 0 Å². The number of hydrogen-bond donors (Lipinski definition) is 0. The van der Waals surface area contributed by atoms with Gasteiger partial charge in [-0.25, -0.2) is 0 Å². The molecule has 4 N–H and O–H groups in total. The molecule has 0 spiro atoms. The molecule has 28 valence electrons. The van der Waals surface area contributed by atoms with Crippen LogP contribution in [0.5, 0.6) is 0 Å². The zero-order chi connectivity index (χ0) is 0. The van der Waals surface area contributed by atoms with Crippen molar-refractivity contribution in [1.29, 1.82) is 0 Å². The molecule has 4 radical (unpaired) electrons. The summed E-state index contributed by atoms with van der Waals surface area (Å²) in [4.78, 5) is 0. The van der Waals surface area contributed by atoms with E-state index in [1.54, 1.807) is 0 Å². The Morgan fingerprint density at radius 3 is 0.500 bits per heavy atom. The molecule has 0 saturated heterocycles. The summed E-state index contributed by atoms with van der Waals surface area (Å²) in [6, 6.07) is 0. The Labute approximate surface area is 46.5 Å². The molecule has 4 heavy (non-hydrogen) atoms. The summed E-state index contributed by atoms with van der Waals surface area (Å²) in [6.07, 6.45) is 0. The van der Waals surface area contributed by atoms with E-state index >= 15 is 0 Å². The SMILES string of the molecule is O.O.[GeH2].[GeH2]. The molecule has 0 amide bonds. The molecule has 0 unspecified atom stereocenters. The minimum absolute atomic E-state index is 0. The number of hydrogen-bond acceptors (Lipinski definition) is 0. The predicted octanol–water partition coefficient (Wildman–Crippen LogP) is -3.48. The molecule has 2 nitrogen and oxygen atoms in total. The summed E-state index contributed by atoms with van der Waals surface area (Å²) in [5.41, 5.74) is 0. The Bertz CT molecular complexity index is 4.00. The summed E-state index contributed by atoms with van der Waals surface area (Å²) in [7, 11) is 0. The van der Waals surface area contributed by atoms with Crippen molar-refractivity contribution in [3.05, 3.63) is 0 Å². The van der Waals surface area contributed by atoms with E-state index in [1.165, 1.54) is 0 Å². The molecule has 0 rings (SSSR count). The van der Waals surface area contributed by atoms with Gasteiger partial charge in [0.25, 0.3) is 0 Å². The zero-order valence-corrected chi connectivity index (χ0v) is 8.35. The van der Waals surface area contributed by atoms with Crippen molar-refractivity contribution in [2.75, 3.05) is 0 Å². The van der Waals surface area contributed by atoms with Crippen LogP contribution in [-0.4, -0.2) is 46.1 Å². The van der Waals surface area contributed by atoms with E-state index in [9.17, 15) is 0 Å². The first-order valence-electron chi connectivity index (χ1n) is 0. The summed E-state index contributed by atoms with van der Waals surface area (Å²) < 4.78 is 0. The van der Waals surface area contributed by atoms with Crippen LogP contribution >= 0.6 is 0 Å². The molecule has 4 heteroatoms. The van der Waals surface area contributed by atoms with Gasteiger partial charge in [-0.1, -0.05) is 0 Å². The van der Waals surface area contributed by atoms with E-state index in [-0.39, 0.29) is 46.1 Å². The Kier molecular flexibility index (Phi) is 710. The van der Waals surface area contributed by atoms with E-state index in [2.05, 4.69) is 0 Å². The standard InChI is InChI=1S/2GeH2.2H2O/h4*1H2. The van der Waals surface area contributed by atoms with E-state index in [4.69, 9.17) is 0 Å². The van der Waals surface area contributed by atoms with Crippen LogP contribution in [0.15, 0.2) is 0 Å². The van der Waals surface area contributed by atoms with Gasteiger partial charge in [-0.05, 0) is 0 Å². The molecular formula is H8Ge2O2. The minimum atomic E-state index is 0. The van der Waals surface area contributed by atoms with Crippen LogP contribution in [0, 0.1) is 0 Å². The molecule has 0 aliphatic heterocycles. The Morgan fingerprint density at radius 2 is 0.500 bits per heavy atom. The van der Waals surface area contributed by atoms with Gasteiger partial charge in [-0.3, -0.25) is 0 Å². The van der Waals surface area contributed by atoms with Crippen molar-refractivity contribution in [3.63, 3.8) is 0 Å². The van der Waals surface area contributed by atoms with E-state index in [0.29, 0.717) is 0 Å². The topological polar surface area (TPSA) is 63.0 Å². The quantitative estimate of drug-likeness (QED) is 0.352. The zero-order valence-electron chi connectivity index (χ0n) is 2.41. The molecule has 0 heterocycles.